The number of rotatable bonds is 6. The van der Waals surface area contributed by atoms with Gasteiger partial charge in [0.15, 0.2) is 0 Å². The smallest absolute Gasteiger partial charge is 0.352 e. The summed E-state index contributed by atoms with van der Waals surface area (Å²) in [5.41, 5.74) is 0. The predicted molar refractivity (Wildman–Crippen MR) is 76.5 cm³/mol. The van der Waals surface area contributed by atoms with E-state index in [1.54, 1.807) is 0 Å². The van der Waals surface area contributed by atoms with E-state index in [-0.39, 0.29) is 24.4 Å². The summed E-state index contributed by atoms with van der Waals surface area (Å²) in [4.78, 5) is 13.1. The van der Waals surface area contributed by atoms with Gasteiger partial charge in [0.05, 0.1) is 13.1 Å². The molecule has 0 radical (unpaired) electrons. The highest BCUT2D eigenvalue weighted by Crippen LogP contribution is 2.27. The van der Waals surface area contributed by atoms with Crippen LogP contribution in [-0.2, 0) is 4.79 Å². The molecule has 2 N–H and O–H groups in total. The number of piperidine rings is 1. The summed E-state index contributed by atoms with van der Waals surface area (Å²) in [5.74, 6) is 0.674. The van der Waals surface area contributed by atoms with E-state index in [1.165, 1.54) is 17.7 Å². The van der Waals surface area contributed by atoms with Crippen molar-refractivity contribution in [2.24, 2.45) is 5.92 Å². The molecule has 0 unspecified atom stereocenters. The Balaban J connectivity index is 0.00000220. The lowest BCUT2D eigenvalue weighted by atomic mass is 10.1. The van der Waals surface area contributed by atoms with E-state index in [1.807, 2.05) is 0 Å². The Bertz CT molecular complexity index is 329. The first kappa shape index (κ1) is 18.5. The second-order valence-corrected chi connectivity index (χ2v) is 5.81. The first-order chi connectivity index (χ1) is 9.42. The number of carbonyl (C=O) groups excluding carboxylic acids is 1. The highest BCUT2D eigenvalue weighted by molar-refractivity contribution is 5.85. The van der Waals surface area contributed by atoms with Crippen LogP contribution in [0.1, 0.15) is 25.7 Å². The van der Waals surface area contributed by atoms with Crippen molar-refractivity contribution in [2.75, 3.05) is 32.7 Å². The van der Waals surface area contributed by atoms with Crippen molar-refractivity contribution in [1.29, 1.82) is 0 Å². The summed E-state index contributed by atoms with van der Waals surface area (Å²) in [6.45, 7) is 1.12. The summed E-state index contributed by atoms with van der Waals surface area (Å²) in [6.07, 6.45) is -0.476. The van der Waals surface area contributed by atoms with Crippen LogP contribution in [0.3, 0.4) is 0 Å². The van der Waals surface area contributed by atoms with Crippen molar-refractivity contribution in [2.45, 2.75) is 37.9 Å². The van der Waals surface area contributed by atoms with E-state index in [4.69, 9.17) is 0 Å². The zero-order chi connectivity index (χ0) is 14.6. The maximum Gasteiger partial charge on any atom is 0.401 e. The second-order valence-electron chi connectivity index (χ2n) is 5.81. The standard InChI is InChI=1S/C13H22F3N3O.ClH/c14-13(15,16)9-19-5-3-11(4-6-19)18-12(20)8-17-7-10-1-2-10;/h10-11,17H,1-9H2,(H,18,20);1H. The lowest BCUT2D eigenvalue weighted by Gasteiger charge is -2.32. The molecule has 0 atom stereocenters. The van der Waals surface area contributed by atoms with Gasteiger partial charge in [-0.15, -0.1) is 12.4 Å². The molecule has 0 aromatic rings. The summed E-state index contributed by atoms with van der Waals surface area (Å²) >= 11 is 0. The molecule has 21 heavy (non-hydrogen) atoms. The van der Waals surface area contributed by atoms with E-state index >= 15 is 0 Å². The van der Waals surface area contributed by atoms with Gasteiger partial charge in [0.2, 0.25) is 5.91 Å². The van der Waals surface area contributed by atoms with Crippen LogP contribution in [0.2, 0.25) is 0 Å². The monoisotopic (exact) mass is 329 g/mol. The topological polar surface area (TPSA) is 44.4 Å². The molecule has 1 heterocycles. The molecule has 2 fully saturated rings. The molecule has 0 aromatic carbocycles. The van der Waals surface area contributed by atoms with Crippen molar-refractivity contribution in [1.82, 2.24) is 15.5 Å². The van der Waals surface area contributed by atoms with Crippen LogP contribution < -0.4 is 10.6 Å². The van der Waals surface area contributed by atoms with E-state index in [2.05, 4.69) is 10.6 Å². The van der Waals surface area contributed by atoms with Gasteiger partial charge in [-0.05, 0) is 38.1 Å². The van der Waals surface area contributed by atoms with Crippen LogP contribution in [0, 0.1) is 5.92 Å². The molecule has 0 bridgehead atoms. The Morgan fingerprint density at radius 2 is 1.76 bits per heavy atom. The van der Waals surface area contributed by atoms with Crippen molar-refractivity contribution < 1.29 is 18.0 Å². The van der Waals surface area contributed by atoms with Gasteiger partial charge >= 0.3 is 6.18 Å². The molecule has 0 spiro atoms. The van der Waals surface area contributed by atoms with Gasteiger partial charge in [-0.3, -0.25) is 9.69 Å². The van der Waals surface area contributed by atoms with Gasteiger partial charge in [-0.25, -0.2) is 0 Å². The number of amides is 1. The molecule has 1 aliphatic carbocycles. The molecular formula is C13H23ClF3N3O. The van der Waals surface area contributed by atoms with Crippen LogP contribution in [-0.4, -0.2) is 55.7 Å². The first-order valence-electron chi connectivity index (χ1n) is 7.21. The quantitative estimate of drug-likeness (QED) is 0.777. The van der Waals surface area contributed by atoms with Crippen LogP contribution in [0.15, 0.2) is 0 Å². The zero-order valence-corrected chi connectivity index (χ0v) is 12.7. The fourth-order valence-electron chi connectivity index (χ4n) is 2.48. The van der Waals surface area contributed by atoms with Gasteiger partial charge in [0.1, 0.15) is 0 Å². The molecule has 2 rings (SSSR count). The molecular weight excluding hydrogens is 307 g/mol. The average Bonchev–Trinajstić information content (AvgIpc) is 3.14. The normalized spacial score (nSPS) is 20.9. The number of carbonyl (C=O) groups is 1. The number of halogens is 4. The number of likely N-dealkylation sites (tertiary alicyclic amines) is 1. The third kappa shape index (κ3) is 7.87. The summed E-state index contributed by atoms with van der Waals surface area (Å²) in [7, 11) is 0. The van der Waals surface area contributed by atoms with Crippen molar-refractivity contribution in [3.8, 4) is 0 Å². The van der Waals surface area contributed by atoms with Crippen molar-refractivity contribution >= 4 is 18.3 Å². The minimum atomic E-state index is -4.14. The molecule has 2 aliphatic rings. The summed E-state index contributed by atoms with van der Waals surface area (Å²) in [6, 6.07) is 0.00899. The first-order valence-corrected chi connectivity index (χ1v) is 7.21. The zero-order valence-electron chi connectivity index (χ0n) is 11.9. The Labute approximate surface area is 129 Å². The fraction of sp³-hybridized carbons (Fsp3) is 0.923. The number of nitrogens with zero attached hydrogens (tertiary/aromatic N) is 1. The molecule has 8 heteroatoms. The van der Waals surface area contributed by atoms with Crippen molar-refractivity contribution in [3.05, 3.63) is 0 Å². The van der Waals surface area contributed by atoms with E-state index < -0.39 is 12.7 Å². The summed E-state index contributed by atoms with van der Waals surface area (Å²) < 4.78 is 36.7. The second kappa shape index (κ2) is 8.19. The van der Waals surface area contributed by atoms with Crippen LogP contribution in [0.4, 0.5) is 13.2 Å². The minimum Gasteiger partial charge on any atom is -0.352 e. The molecule has 4 nitrogen and oxygen atoms in total. The lowest BCUT2D eigenvalue weighted by Crippen LogP contribution is -2.48. The Morgan fingerprint density at radius 3 is 2.29 bits per heavy atom. The molecule has 1 saturated heterocycles. The SMILES string of the molecule is Cl.O=C(CNCC1CC1)NC1CCN(CC(F)(F)F)CC1. The van der Waals surface area contributed by atoms with Gasteiger partial charge in [-0.2, -0.15) is 13.2 Å². The molecule has 1 aliphatic heterocycles. The van der Waals surface area contributed by atoms with E-state index in [0.29, 0.717) is 32.5 Å². The number of hydrogen-bond acceptors (Lipinski definition) is 3. The summed E-state index contributed by atoms with van der Waals surface area (Å²) in [5, 5.41) is 5.99. The Kier molecular flexibility index (Phi) is 7.23. The number of alkyl halides is 3. The molecule has 0 aromatic heterocycles. The predicted octanol–water partition coefficient (Wildman–Crippen LogP) is 1.55. The number of hydrogen-bond donors (Lipinski definition) is 2. The highest BCUT2D eigenvalue weighted by Gasteiger charge is 2.32. The van der Waals surface area contributed by atoms with E-state index in [0.717, 1.165) is 12.5 Å². The Hall–Kier alpha value is -0.530. The van der Waals surface area contributed by atoms with Crippen LogP contribution in [0.25, 0.3) is 0 Å². The van der Waals surface area contributed by atoms with Gasteiger partial charge < -0.3 is 10.6 Å². The highest BCUT2D eigenvalue weighted by atomic mass is 35.5. The minimum absolute atomic E-state index is 0. The largest absolute Gasteiger partial charge is 0.401 e. The van der Waals surface area contributed by atoms with Gasteiger partial charge in [0, 0.05) is 19.1 Å². The van der Waals surface area contributed by atoms with Gasteiger partial charge in [-0.1, -0.05) is 0 Å². The Morgan fingerprint density at radius 1 is 1.14 bits per heavy atom. The molecule has 1 saturated carbocycles. The number of nitrogens with one attached hydrogen (secondary N) is 2. The molecule has 124 valence electrons. The maximum absolute atomic E-state index is 12.2. The van der Waals surface area contributed by atoms with Crippen molar-refractivity contribution in [3.63, 3.8) is 0 Å². The third-order valence-electron chi connectivity index (χ3n) is 3.77. The lowest BCUT2D eigenvalue weighted by molar-refractivity contribution is -0.148. The molecule has 1 amide bonds. The van der Waals surface area contributed by atoms with Crippen LogP contribution >= 0.6 is 12.4 Å². The van der Waals surface area contributed by atoms with Crippen LogP contribution in [0.5, 0.6) is 0 Å². The fourth-order valence-corrected chi connectivity index (χ4v) is 2.48. The third-order valence-corrected chi connectivity index (χ3v) is 3.77. The van der Waals surface area contributed by atoms with E-state index in [9.17, 15) is 18.0 Å². The average molecular weight is 330 g/mol. The van der Waals surface area contributed by atoms with Gasteiger partial charge in [0.25, 0.3) is 0 Å². The maximum atomic E-state index is 12.2.